The van der Waals surface area contributed by atoms with Crippen LogP contribution in [0.15, 0.2) is 12.2 Å². The Kier molecular flexibility index (Phi) is 3.30. The molecular formula is C13H18N4. The summed E-state index contributed by atoms with van der Waals surface area (Å²) in [5, 5.41) is 13.1. The molecule has 0 saturated heterocycles. The Morgan fingerprint density at radius 1 is 1.53 bits per heavy atom. The third-order valence-corrected chi connectivity index (χ3v) is 3.36. The van der Waals surface area contributed by atoms with Crippen LogP contribution in [0.4, 0.5) is 0 Å². The molecule has 90 valence electrons. The van der Waals surface area contributed by atoms with Gasteiger partial charge >= 0.3 is 0 Å². The number of rotatable bonds is 3. The molecule has 0 fully saturated rings. The van der Waals surface area contributed by atoms with Crippen molar-refractivity contribution in [3.8, 4) is 6.07 Å². The van der Waals surface area contributed by atoms with E-state index >= 15 is 0 Å². The maximum absolute atomic E-state index is 8.62. The second-order valence-electron chi connectivity index (χ2n) is 4.61. The molecule has 17 heavy (non-hydrogen) atoms. The van der Waals surface area contributed by atoms with E-state index in [2.05, 4.69) is 30.2 Å². The lowest BCUT2D eigenvalue weighted by Gasteiger charge is -2.10. The first-order valence-electron chi connectivity index (χ1n) is 5.98. The van der Waals surface area contributed by atoms with Crippen molar-refractivity contribution in [2.24, 2.45) is 5.73 Å². The van der Waals surface area contributed by atoms with Gasteiger partial charge in [0.15, 0.2) is 0 Å². The van der Waals surface area contributed by atoms with Gasteiger partial charge in [-0.3, -0.25) is 4.68 Å². The Morgan fingerprint density at radius 3 is 2.88 bits per heavy atom. The van der Waals surface area contributed by atoms with Gasteiger partial charge in [0.05, 0.1) is 24.7 Å². The minimum absolute atomic E-state index is 0.168. The molecule has 0 unspecified atom stereocenters. The SMILES string of the molecule is Cc1nn(CCC#N)c(C)c1[C@H]1C=C[C@@H](N)C1. The summed E-state index contributed by atoms with van der Waals surface area (Å²) in [6.07, 6.45) is 5.71. The quantitative estimate of drug-likeness (QED) is 0.805. The Morgan fingerprint density at radius 2 is 2.29 bits per heavy atom. The normalized spacial score (nSPS) is 22.9. The van der Waals surface area contributed by atoms with Crippen molar-refractivity contribution in [2.45, 2.75) is 45.2 Å². The third-order valence-electron chi connectivity index (χ3n) is 3.36. The standard InChI is InChI=1S/C13H18N4/c1-9-13(11-4-5-12(15)8-11)10(2)17(16-9)7-3-6-14/h4-5,11-12H,3,7-8,15H2,1-2H3/t11-,12+/m0/s1. The van der Waals surface area contributed by atoms with E-state index in [4.69, 9.17) is 11.0 Å². The Balaban J connectivity index is 2.26. The van der Waals surface area contributed by atoms with Gasteiger partial charge in [-0.2, -0.15) is 10.4 Å². The van der Waals surface area contributed by atoms with E-state index in [9.17, 15) is 0 Å². The van der Waals surface area contributed by atoms with Crippen molar-refractivity contribution in [2.75, 3.05) is 0 Å². The topological polar surface area (TPSA) is 67.6 Å². The zero-order valence-electron chi connectivity index (χ0n) is 10.3. The van der Waals surface area contributed by atoms with Gasteiger partial charge in [-0.25, -0.2) is 0 Å². The molecule has 0 amide bonds. The summed E-state index contributed by atoms with van der Waals surface area (Å²) in [4.78, 5) is 0. The summed E-state index contributed by atoms with van der Waals surface area (Å²) in [7, 11) is 0. The molecule has 4 heteroatoms. The van der Waals surface area contributed by atoms with E-state index in [0.717, 1.165) is 12.1 Å². The Bertz CT molecular complexity index is 478. The molecule has 4 nitrogen and oxygen atoms in total. The number of nitrogens with two attached hydrogens (primary N) is 1. The highest BCUT2D eigenvalue weighted by molar-refractivity contribution is 5.34. The molecule has 0 radical (unpaired) electrons. The number of aromatic nitrogens is 2. The van der Waals surface area contributed by atoms with Gasteiger partial charge in [0, 0.05) is 23.2 Å². The molecule has 2 rings (SSSR count). The van der Waals surface area contributed by atoms with E-state index in [1.54, 1.807) is 0 Å². The molecular weight excluding hydrogens is 212 g/mol. The van der Waals surface area contributed by atoms with Gasteiger partial charge in [-0.1, -0.05) is 12.2 Å². The number of allylic oxidation sites excluding steroid dienone is 1. The molecule has 0 spiro atoms. The highest BCUT2D eigenvalue weighted by Gasteiger charge is 2.23. The first-order valence-corrected chi connectivity index (χ1v) is 5.98. The molecule has 0 bridgehead atoms. The van der Waals surface area contributed by atoms with Gasteiger partial charge in [0.25, 0.3) is 0 Å². The van der Waals surface area contributed by atoms with Crippen molar-refractivity contribution >= 4 is 0 Å². The van der Waals surface area contributed by atoms with E-state index in [0.29, 0.717) is 18.9 Å². The van der Waals surface area contributed by atoms with E-state index in [-0.39, 0.29) is 6.04 Å². The number of nitrogens with zero attached hydrogens (tertiary/aromatic N) is 3. The lowest BCUT2D eigenvalue weighted by molar-refractivity contribution is 0.603. The molecule has 1 aromatic heterocycles. The first kappa shape index (κ1) is 11.9. The lowest BCUT2D eigenvalue weighted by Crippen LogP contribution is -2.14. The van der Waals surface area contributed by atoms with Gasteiger partial charge in [0.1, 0.15) is 0 Å². The van der Waals surface area contributed by atoms with Gasteiger partial charge in [-0.05, 0) is 20.3 Å². The zero-order chi connectivity index (χ0) is 12.4. The number of nitriles is 1. The van der Waals surface area contributed by atoms with Crippen molar-refractivity contribution in [1.82, 2.24) is 9.78 Å². The fourth-order valence-corrected chi connectivity index (χ4v) is 2.56. The summed E-state index contributed by atoms with van der Waals surface area (Å²) in [5.74, 6) is 0.390. The van der Waals surface area contributed by atoms with Crippen molar-refractivity contribution in [3.63, 3.8) is 0 Å². The minimum Gasteiger partial charge on any atom is -0.324 e. The summed E-state index contributed by atoms with van der Waals surface area (Å²) in [6.45, 7) is 4.78. The van der Waals surface area contributed by atoms with E-state index in [1.165, 1.54) is 11.3 Å². The van der Waals surface area contributed by atoms with Crippen molar-refractivity contribution in [3.05, 3.63) is 29.1 Å². The average Bonchev–Trinajstić information content (AvgIpc) is 2.81. The molecule has 2 N–H and O–H groups in total. The highest BCUT2D eigenvalue weighted by atomic mass is 15.3. The second-order valence-corrected chi connectivity index (χ2v) is 4.61. The third kappa shape index (κ3) is 2.25. The van der Waals surface area contributed by atoms with E-state index in [1.807, 2.05) is 11.6 Å². The van der Waals surface area contributed by atoms with Crippen LogP contribution >= 0.6 is 0 Å². The fourth-order valence-electron chi connectivity index (χ4n) is 2.56. The maximum atomic E-state index is 8.62. The summed E-state index contributed by atoms with van der Waals surface area (Å²) in [5.41, 5.74) is 9.40. The molecule has 0 aromatic carbocycles. The van der Waals surface area contributed by atoms with Crippen molar-refractivity contribution < 1.29 is 0 Å². The highest BCUT2D eigenvalue weighted by Crippen LogP contribution is 2.32. The predicted molar refractivity (Wildman–Crippen MR) is 66.4 cm³/mol. The molecule has 0 aliphatic heterocycles. The van der Waals surface area contributed by atoms with Gasteiger partial charge in [0.2, 0.25) is 0 Å². The molecule has 1 aliphatic carbocycles. The number of hydrogen-bond acceptors (Lipinski definition) is 3. The predicted octanol–water partition coefficient (Wildman–Crippen LogP) is 1.78. The van der Waals surface area contributed by atoms with Crippen LogP contribution in [0, 0.1) is 25.2 Å². The second kappa shape index (κ2) is 4.72. The van der Waals surface area contributed by atoms with Crippen LogP contribution in [0.3, 0.4) is 0 Å². The summed E-state index contributed by atoms with van der Waals surface area (Å²) >= 11 is 0. The first-order chi connectivity index (χ1) is 8.13. The van der Waals surface area contributed by atoms with Crippen LogP contribution in [-0.4, -0.2) is 15.8 Å². The number of hydrogen-bond donors (Lipinski definition) is 1. The van der Waals surface area contributed by atoms with E-state index < -0.39 is 0 Å². The van der Waals surface area contributed by atoms with Crippen LogP contribution in [0.2, 0.25) is 0 Å². The molecule has 1 heterocycles. The monoisotopic (exact) mass is 230 g/mol. The number of aryl methyl sites for hydroxylation is 2. The van der Waals surface area contributed by atoms with Crippen LogP contribution in [0.1, 0.15) is 35.7 Å². The van der Waals surface area contributed by atoms with Gasteiger partial charge < -0.3 is 5.73 Å². The van der Waals surface area contributed by atoms with Crippen molar-refractivity contribution in [1.29, 1.82) is 5.26 Å². The lowest BCUT2D eigenvalue weighted by atomic mass is 9.96. The molecule has 0 saturated carbocycles. The smallest absolute Gasteiger partial charge is 0.0641 e. The van der Waals surface area contributed by atoms with Gasteiger partial charge in [-0.15, -0.1) is 0 Å². The molecule has 2 atom stereocenters. The van der Waals surface area contributed by atoms with Crippen LogP contribution in [0.25, 0.3) is 0 Å². The Hall–Kier alpha value is -1.60. The molecule has 1 aromatic rings. The van der Waals surface area contributed by atoms with Crippen LogP contribution in [0.5, 0.6) is 0 Å². The van der Waals surface area contributed by atoms with Crippen LogP contribution < -0.4 is 5.73 Å². The van der Waals surface area contributed by atoms with Crippen LogP contribution in [-0.2, 0) is 6.54 Å². The summed E-state index contributed by atoms with van der Waals surface area (Å²) < 4.78 is 1.94. The largest absolute Gasteiger partial charge is 0.324 e. The molecule has 1 aliphatic rings. The summed E-state index contributed by atoms with van der Waals surface area (Å²) in [6, 6.07) is 2.32. The fraction of sp³-hybridized carbons (Fsp3) is 0.538. The zero-order valence-corrected chi connectivity index (χ0v) is 10.3. The minimum atomic E-state index is 0.168. The Labute approximate surface area is 102 Å². The maximum Gasteiger partial charge on any atom is 0.0641 e. The average molecular weight is 230 g/mol.